The lowest BCUT2D eigenvalue weighted by molar-refractivity contribution is 0.609. The molecule has 3 aromatic rings. The van der Waals surface area contributed by atoms with Crippen molar-refractivity contribution in [2.45, 2.75) is 11.8 Å². The number of aromatic amines is 1. The minimum atomic E-state index is -3.98. The molecule has 0 saturated heterocycles. The van der Waals surface area contributed by atoms with Crippen LogP contribution in [0.2, 0.25) is 0 Å². The van der Waals surface area contributed by atoms with E-state index in [0.717, 1.165) is 0 Å². The Labute approximate surface area is 112 Å². The standard InChI is InChI=1S/C11H8ClN3O3S/c1-6-9(19(12,17)18)10-13-11(16)7-4-2-3-5-8(7)15(10)14-6/h2-5H,1H3,(H,13,16). The summed E-state index contributed by atoms with van der Waals surface area (Å²) in [6.45, 7) is 1.52. The van der Waals surface area contributed by atoms with E-state index >= 15 is 0 Å². The lowest BCUT2D eigenvalue weighted by Crippen LogP contribution is -2.10. The second-order valence-corrected chi connectivity index (χ2v) is 6.59. The molecule has 0 unspecified atom stereocenters. The molecule has 1 aromatic carbocycles. The number of nitrogens with zero attached hydrogens (tertiary/aromatic N) is 2. The number of benzene rings is 1. The van der Waals surface area contributed by atoms with Crippen molar-refractivity contribution in [3.63, 3.8) is 0 Å². The summed E-state index contributed by atoms with van der Waals surface area (Å²) in [4.78, 5) is 14.3. The summed E-state index contributed by atoms with van der Waals surface area (Å²) in [6, 6.07) is 6.79. The molecule has 0 saturated carbocycles. The molecule has 8 heteroatoms. The summed E-state index contributed by atoms with van der Waals surface area (Å²) in [5, 5.41) is 4.56. The molecule has 0 fully saturated rings. The van der Waals surface area contributed by atoms with Crippen molar-refractivity contribution in [2.75, 3.05) is 0 Å². The van der Waals surface area contributed by atoms with E-state index in [1.165, 1.54) is 11.4 Å². The second-order valence-electron chi connectivity index (χ2n) is 4.08. The minimum Gasteiger partial charge on any atom is -0.305 e. The predicted octanol–water partition coefficient (Wildman–Crippen LogP) is 1.41. The van der Waals surface area contributed by atoms with Crippen molar-refractivity contribution < 1.29 is 8.42 Å². The average Bonchev–Trinajstić information content (AvgIpc) is 2.65. The van der Waals surface area contributed by atoms with Crippen LogP contribution in [-0.4, -0.2) is 23.0 Å². The van der Waals surface area contributed by atoms with Crippen LogP contribution in [0.5, 0.6) is 0 Å². The van der Waals surface area contributed by atoms with Crippen molar-refractivity contribution in [2.24, 2.45) is 0 Å². The first-order chi connectivity index (χ1) is 8.89. The minimum absolute atomic E-state index is 0.0798. The molecule has 0 bridgehead atoms. The van der Waals surface area contributed by atoms with Gasteiger partial charge >= 0.3 is 0 Å². The van der Waals surface area contributed by atoms with E-state index in [-0.39, 0.29) is 21.8 Å². The van der Waals surface area contributed by atoms with Crippen molar-refractivity contribution >= 4 is 36.3 Å². The van der Waals surface area contributed by atoms with E-state index in [4.69, 9.17) is 10.7 Å². The van der Waals surface area contributed by atoms with Crippen molar-refractivity contribution in [3.8, 4) is 0 Å². The largest absolute Gasteiger partial charge is 0.305 e. The SMILES string of the molecule is Cc1nn2c([nH]c(=O)c3ccccc32)c1S(=O)(=O)Cl. The fourth-order valence-electron chi connectivity index (χ4n) is 2.11. The summed E-state index contributed by atoms with van der Waals surface area (Å²) < 4.78 is 24.5. The molecule has 0 spiro atoms. The van der Waals surface area contributed by atoms with Crippen molar-refractivity contribution in [1.82, 2.24) is 14.6 Å². The Balaban J connectivity index is 2.66. The van der Waals surface area contributed by atoms with Gasteiger partial charge < -0.3 is 4.98 Å². The second kappa shape index (κ2) is 3.82. The molecule has 0 aliphatic carbocycles. The third kappa shape index (κ3) is 1.73. The summed E-state index contributed by atoms with van der Waals surface area (Å²) in [5.74, 6) is 0. The van der Waals surface area contributed by atoms with Gasteiger partial charge in [0, 0.05) is 10.7 Å². The van der Waals surface area contributed by atoms with E-state index in [1.54, 1.807) is 24.3 Å². The molecule has 98 valence electrons. The van der Waals surface area contributed by atoms with Crippen molar-refractivity contribution in [1.29, 1.82) is 0 Å². The predicted molar refractivity (Wildman–Crippen MR) is 71.1 cm³/mol. The Hall–Kier alpha value is -1.86. The quantitative estimate of drug-likeness (QED) is 0.688. The molecule has 3 rings (SSSR count). The van der Waals surface area contributed by atoms with Gasteiger partial charge in [0.1, 0.15) is 4.90 Å². The van der Waals surface area contributed by atoms with Gasteiger partial charge in [-0.15, -0.1) is 0 Å². The van der Waals surface area contributed by atoms with E-state index < -0.39 is 9.05 Å². The van der Waals surface area contributed by atoms with Crippen LogP contribution in [0, 0.1) is 6.92 Å². The van der Waals surface area contributed by atoms with Crippen LogP contribution >= 0.6 is 10.7 Å². The molecule has 19 heavy (non-hydrogen) atoms. The number of H-pyrrole nitrogens is 1. The van der Waals surface area contributed by atoms with Gasteiger partial charge in [0.25, 0.3) is 14.6 Å². The van der Waals surface area contributed by atoms with Crippen LogP contribution in [0.25, 0.3) is 16.6 Å². The van der Waals surface area contributed by atoms with Crippen LogP contribution in [0.15, 0.2) is 34.0 Å². The maximum Gasteiger partial charge on any atom is 0.266 e. The number of nitrogens with one attached hydrogen (secondary N) is 1. The summed E-state index contributed by atoms with van der Waals surface area (Å²) in [5.41, 5.74) is 0.457. The molecule has 0 aliphatic rings. The third-order valence-corrected chi connectivity index (χ3v) is 4.30. The highest BCUT2D eigenvalue weighted by Gasteiger charge is 2.23. The molecule has 0 atom stereocenters. The first-order valence-electron chi connectivity index (χ1n) is 5.34. The van der Waals surface area contributed by atoms with Crippen LogP contribution < -0.4 is 5.56 Å². The fraction of sp³-hybridized carbons (Fsp3) is 0.0909. The number of hydrogen-bond donors (Lipinski definition) is 1. The van der Waals surface area contributed by atoms with Crippen LogP contribution in [0.4, 0.5) is 0 Å². The van der Waals surface area contributed by atoms with Crippen LogP contribution in [-0.2, 0) is 9.05 Å². The number of aryl methyl sites for hydroxylation is 1. The van der Waals surface area contributed by atoms with Gasteiger partial charge in [-0.2, -0.15) is 5.10 Å². The van der Waals surface area contributed by atoms with Crippen LogP contribution in [0.3, 0.4) is 0 Å². The van der Waals surface area contributed by atoms with Crippen molar-refractivity contribution in [3.05, 3.63) is 40.3 Å². The molecular weight excluding hydrogens is 290 g/mol. The fourth-order valence-corrected chi connectivity index (χ4v) is 3.43. The highest BCUT2D eigenvalue weighted by Crippen LogP contribution is 2.24. The van der Waals surface area contributed by atoms with Gasteiger partial charge in [-0.3, -0.25) is 4.79 Å². The maximum atomic E-state index is 11.9. The summed E-state index contributed by atoms with van der Waals surface area (Å²) in [6.07, 6.45) is 0. The molecule has 0 amide bonds. The third-order valence-electron chi connectivity index (χ3n) is 2.86. The zero-order valence-corrected chi connectivity index (χ0v) is 11.3. The molecule has 2 aromatic heterocycles. The summed E-state index contributed by atoms with van der Waals surface area (Å²) >= 11 is 0. The average molecular weight is 298 g/mol. The Morgan fingerprint density at radius 1 is 1.32 bits per heavy atom. The maximum absolute atomic E-state index is 11.9. The van der Waals surface area contributed by atoms with Gasteiger partial charge in [0.2, 0.25) is 0 Å². The van der Waals surface area contributed by atoms with Gasteiger partial charge in [-0.1, -0.05) is 12.1 Å². The van der Waals surface area contributed by atoms with Gasteiger partial charge in [-0.05, 0) is 19.1 Å². The monoisotopic (exact) mass is 297 g/mol. The van der Waals surface area contributed by atoms with Gasteiger partial charge in [0.15, 0.2) is 5.65 Å². The lowest BCUT2D eigenvalue weighted by atomic mass is 10.2. The summed E-state index contributed by atoms with van der Waals surface area (Å²) in [7, 11) is 1.40. The Kier molecular flexibility index (Phi) is 2.45. The number of aromatic nitrogens is 3. The number of rotatable bonds is 1. The zero-order chi connectivity index (χ0) is 13.8. The number of halogens is 1. The molecular formula is C11H8ClN3O3S. The first kappa shape index (κ1) is 12.2. The smallest absolute Gasteiger partial charge is 0.266 e. The van der Waals surface area contributed by atoms with E-state index in [2.05, 4.69) is 10.1 Å². The number of para-hydroxylation sites is 1. The first-order valence-corrected chi connectivity index (χ1v) is 7.65. The van der Waals surface area contributed by atoms with Gasteiger partial charge in [0.05, 0.1) is 16.6 Å². The normalized spacial score (nSPS) is 12.3. The molecule has 6 nitrogen and oxygen atoms in total. The molecule has 1 N–H and O–H groups in total. The topological polar surface area (TPSA) is 84.3 Å². The molecule has 0 radical (unpaired) electrons. The van der Waals surface area contributed by atoms with E-state index in [9.17, 15) is 13.2 Å². The molecule has 0 aliphatic heterocycles. The Morgan fingerprint density at radius 3 is 2.68 bits per heavy atom. The zero-order valence-electron chi connectivity index (χ0n) is 9.71. The Morgan fingerprint density at radius 2 is 2.00 bits per heavy atom. The lowest BCUT2D eigenvalue weighted by Gasteiger charge is -2.00. The van der Waals surface area contributed by atoms with Gasteiger partial charge in [-0.25, -0.2) is 12.9 Å². The molecule has 2 heterocycles. The van der Waals surface area contributed by atoms with E-state index in [0.29, 0.717) is 10.9 Å². The highest BCUT2D eigenvalue weighted by molar-refractivity contribution is 8.14. The van der Waals surface area contributed by atoms with E-state index in [1.807, 2.05) is 0 Å². The highest BCUT2D eigenvalue weighted by atomic mass is 35.7. The number of fused-ring (bicyclic) bond motifs is 3. The Bertz CT molecular complexity index is 972. The number of hydrogen-bond acceptors (Lipinski definition) is 4. The van der Waals surface area contributed by atoms with Crippen LogP contribution in [0.1, 0.15) is 5.69 Å².